The first kappa shape index (κ1) is 15.6. The van der Waals surface area contributed by atoms with Gasteiger partial charge in [-0.3, -0.25) is 24.2 Å². The number of rotatable bonds is 4. The van der Waals surface area contributed by atoms with Gasteiger partial charge in [-0.15, -0.1) is 0 Å². The summed E-state index contributed by atoms with van der Waals surface area (Å²) in [5.41, 5.74) is 0.480. The Morgan fingerprint density at radius 1 is 1.22 bits per heavy atom. The van der Waals surface area contributed by atoms with E-state index in [4.69, 9.17) is 0 Å². The molecule has 1 aromatic rings. The molecule has 2 aliphatic rings. The van der Waals surface area contributed by atoms with Crippen LogP contribution < -0.4 is 5.32 Å². The van der Waals surface area contributed by atoms with Crippen LogP contribution in [0.1, 0.15) is 12.0 Å². The Bertz CT molecular complexity index is 649. The van der Waals surface area contributed by atoms with Gasteiger partial charge in [-0.25, -0.2) is 4.39 Å². The number of piperazine rings is 1. The summed E-state index contributed by atoms with van der Waals surface area (Å²) in [7, 11) is 0. The molecule has 2 saturated heterocycles. The van der Waals surface area contributed by atoms with E-state index in [-0.39, 0.29) is 49.5 Å². The van der Waals surface area contributed by atoms with Gasteiger partial charge in [0.1, 0.15) is 5.82 Å². The van der Waals surface area contributed by atoms with Crippen molar-refractivity contribution in [1.82, 2.24) is 15.1 Å². The van der Waals surface area contributed by atoms with Crippen molar-refractivity contribution in [3.63, 3.8) is 0 Å². The molecule has 0 bridgehead atoms. The molecule has 3 rings (SSSR count). The summed E-state index contributed by atoms with van der Waals surface area (Å²) >= 11 is 0. The van der Waals surface area contributed by atoms with Gasteiger partial charge >= 0.3 is 0 Å². The monoisotopic (exact) mass is 319 g/mol. The molecule has 3 amide bonds. The second kappa shape index (κ2) is 6.45. The maximum absolute atomic E-state index is 13.6. The smallest absolute Gasteiger partial charge is 0.247 e. The van der Waals surface area contributed by atoms with Crippen molar-refractivity contribution < 1.29 is 18.8 Å². The Hall–Kier alpha value is -2.28. The van der Waals surface area contributed by atoms with Crippen molar-refractivity contribution in [3.8, 4) is 0 Å². The van der Waals surface area contributed by atoms with Crippen LogP contribution in [0.5, 0.6) is 0 Å². The van der Waals surface area contributed by atoms with E-state index in [0.29, 0.717) is 18.7 Å². The Labute approximate surface area is 133 Å². The van der Waals surface area contributed by atoms with Gasteiger partial charge in [-0.1, -0.05) is 18.2 Å². The van der Waals surface area contributed by atoms with Gasteiger partial charge in [0.05, 0.1) is 19.0 Å². The topological polar surface area (TPSA) is 69.7 Å². The number of likely N-dealkylation sites (tertiary alicyclic amines) is 1. The van der Waals surface area contributed by atoms with Gasteiger partial charge in [0.2, 0.25) is 17.7 Å². The molecule has 1 N–H and O–H groups in total. The molecule has 0 spiro atoms. The van der Waals surface area contributed by atoms with Gasteiger partial charge in [-0.05, 0) is 18.1 Å². The fraction of sp³-hybridized carbons (Fsp3) is 0.438. The lowest BCUT2D eigenvalue weighted by molar-refractivity contribution is -0.140. The first-order valence-corrected chi connectivity index (χ1v) is 7.64. The summed E-state index contributed by atoms with van der Waals surface area (Å²) in [5.74, 6) is -1.03. The third kappa shape index (κ3) is 3.24. The Kier molecular flexibility index (Phi) is 4.38. The minimum atomic E-state index is -0.575. The molecule has 0 unspecified atom stereocenters. The Balaban J connectivity index is 1.64. The van der Waals surface area contributed by atoms with Gasteiger partial charge in [0, 0.05) is 19.6 Å². The molecule has 0 saturated carbocycles. The van der Waals surface area contributed by atoms with Crippen molar-refractivity contribution in [1.29, 1.82) is 0 Å². The zero-order valence-corrected chi connectivity index (χ0v) is 12.6. The normalized spacial score (nSPS) is 22.6. The fourth-order valence-electron chi connectivity index (χ4n) is 3.04. The van der Waals surface area contributed by atoms with Crippen LogP contribution in [0.2, 0.25) is 0 Å². The lowest BCUT2D eigenvalue weighted by atomic mass is 10.1. The Morgan fingerprint density at radius 3 is 2.74 bits per heavy atom. The second-order valence-electron chi connectivity index (χ2n) is 5.77. The van der Waals surface area contributed by atoms with E-state index in [9.17, 15) is 18.8 Å². The molecule has 2 fully saturated rings. The lowest BCUT2D eigenvalue weighted by Crippen LogP contribution is -2.53. The van der Waals surface area contributed by atoms with Crippen molar-refractivity contribution in [2.45, 2.75) is 18.9 Å². The fourth-order valence-corrected chi connectivity index (χ4v) is 3.04. The average Bonchev–Trinajstić information content (AvgIpc) is 2.81. The number of carbonyl (C=O) groups is 3. The summed E-state index contributed by atoms with van der Waals surface area (Å²) in [5, 5.41) is 2.69. The number of halogens is 1. The predicted octanol–water partition coefficient (Wildman–Crippen LogP) is -0.0725. The highest BCUT2D eigenvalue weighted by Crippen LogP contribution is 2.20. The summed E-state index contributed by atoms with van der Waals surface area (Å²) in [6, 6.07) is 5.75. The molecule has 7 heteroatoms. The molecule has 1 atom stereocenters. The highest BCUT2D eigenvalue weighted by Gasteiger charge is 2.42. The van der Waals surface area contributed by atoms with Crippen LogP contribution in [0.15, 0.2) is 24.3 Å². The van der Waals surface area contributed by atoms with Crippen LogP contribution in [0.25, 0.3) is 0 Å². The van der Waals surface area contributed by atoms with Crippen LogP contribution in [0.4, 0.5) is 4.39 Å². The third-order valence-corrected chi connectivity index (χ3v) is 4.29. The number of amides is 3. The third-order valence-electron chi connectivity index (χ3n) is 4.29. The lowest BCUT2D eigenvalue weighted by Gasteiger charge is -2.30. The molecule has 6 nitrogen and oxygen atoms in total. The molecule has 23 heavy (non-hydrogen) atoms. The zero-order valence-electron chi connectivity index (χ0n) is 12.6. The highest BCUT2D eigenvalue weighted by molar-refractivity contribution is 6.05. The van der Waals surface area contributed by atoms with E-state index < -0.39 is 6.04 Å². The molecule has 0 aromatic heterocycles. The largest absolute Gasteiger partial charge is 0.354 e. The number of nitrogens with zero attached hydrogens (tertiary/aromatic N) is 2. The molecular weight excluding hydrogens is 301 g/mol. The minimum absolute atomic E-state index is 0.0867. The number of benzene rings is 1. The van der Waals surface area contributed by atoms with Crippen molar-refractivity contribution in [2.75, 3.05) is 26.2 Å². The second-order valence-corrected chi connectivity index (χ2v) is 5.77. The highest BCUT2D eigenvalue weighted by atomic mass is 19.1. The first-order chi connectivity index (χ1) is 11.1. The number of hydrogen-bond donors (Lipinski definition) is 1. The summed E-state index contributed by atoms with van der Waals surface area (Å²) in [4.78, 5) is 38.9. The maximum Gasteiger partial charge on any atom is 0.247 e. The SMILES string of the molecule is O=C1CN([C@@H]2CC(=O)N(CCc3ccccc3F)C2=O)CCN1. The van der Waals surface area contributed by atoms with E-state index in [1.165, 1.54) is 11.0 Å². The van der Waals surface area contributed by atoms with Crippen LogP contribution in [0.3, 0.4) is 0 Å². The molecule has 2 aliphatic heterocycles. The molecule has 1 aromatic carbocycles. The van der Waals surface area contributed by atoms with E-state index in [0.717, 1.165) is 0 Å². The zero-order chi connectivity index (χ0) is 16.4. The van der Waals surface area contributed by atoms with Gasteiger partial charge in [0.25, 0.3) is 0 Å². The van der Waals surface area contributed by atoms with Crippen LogP contribution in [-0.2, 0) is 20.8 Å². The summed E-state index contributed by atoms with van der Waals surface area (Å²) in [6.45, 7) is 1.32. The first-order valence-electron chi connectivity index (χ1n) is 7.64. The number of nitrogens with one attached hydrogen (secondary N) is 1. The van der Waals surface area contributed by atoms with Gasteiger partial charge < -0.3 is 5.32 Å². The number of imide groups is 1. The quantitative estimate of drug-likeness (QED) is 0.789. The van der Waals surface area contributed by atoms with Crippen LogP contribution in [0, 0.1) is 5.82 Å². The van der Waals surface area contributed by atoms with E-state index in [2.05, 4.69) is 5.32 Å². The van der Waals surface area contributed by atoms with Crippen LogP contribution in [-0.4, -0.2) is 59.7 Å². The summed E-state index contributed by atoms with van der Waals surface area (Å²) < 4.78 is 13.6. The standard InChI is InChI=1S/C16H18FN3O3/c17-12-4-2-1-3-11(12)5-7-20-15(22)9-13(16(20)23)19-8-6-18-14(21)10-19/h1-4,13H,5-10H2,(H,18,21)/t13-/m1/s1. The summed E-state index contributed by atoms with van der Waals surface area (Å²) in [6.07, 6.45) is 0.376. The molecule has 2 heterocycles. The van der Waals surface area contributed by atoms with Crippen molar-refractivity contribution in [3.05, 3.63) is 35.6 Å². The van der Waals surface area contributed by atoms with Gasteiger partial charge in [0.15, 0.2) is 0 Å². The predicted molar refractivity (Wildman–Crippen MR) is 79.8 cm³/mol. The van der Waals surface area contributed by atoms with E-state index >= 15 is 0 Å². The number of carbonyl (C=O) groups excluding carboxylic acids is 3. The average molecular weight is 319 g/mol. The molecule has 0 aliphatic carbocycles. The molecular formula is C16H18FN3O3. The van der Waals surface area contributed by atoms with Gasteiger partial charge in [-0.2, -0.15) is 0 Å². The van der Waals surface area contributed by atoms with Crippen molar-refractivity contribution in [2.24, 2.45) is 0 Å². The Morgan fingerprint density at radius 2 is 2.00 bits per heavy atom. The van der Waals surface area contributed by atoms with E-state index in [1.807, 2.05) is 0 Å². The maximum atomic E-state index is 13.6. The van der Waals surface area contributed by atoms with Crippen LogP contribution >= 0.6 is 0 Å². The van der Waals surface area contributed by atoms with Crippen molar-refractivity contribution >= 4 is 17.7 Å². The number of hydrogen-bond acceptors (Lipinski definition) is 4. The molecule has 122 valence electrons. The minimum Gasteiger partial charge on any atom is -0.354 e. The van der Waals surface area contributed by atoms with E-state index in [1.54, 1.807) is 23.1 Å². The molecule has 0 radical (unpaired) electrons.